The number of carbonyl (C=O) groups is 1. The van der Waals surface area contributed by atoms with Gasteiger partial charge in [0.1, 0.15) is 5.75 Å². The lowest BCUT2D eigenvalue weighted by molar-refractivity contribution is -0.385. The number of aromatic carboxylic acids is 1. The molecule has 0 unspecified atom stereocenters. The predicted molar refractivity (Wildman–Crippen MR) is 68.7 cm³/mol. The molecular weight excluding hydrogens is 282 g/mol. The molecule has 0 amide bonds. The van der Waals surface area contributed by atoms with E-state index in [1.807, 2.05) is 0 Å². The zero-order chi connectivity index (χ0) is 15.4. The molecule has 2 aromatic rings. The molecule has 9 nitrogen and oxygen atoms in total. The van der Waals surface area contributed by atoms with Gasteiger partial charge in [-0.25, -0.2) is 4.79 Å². The number of carboxylic acids is 1. The molecule has 0 aliphatic heterocycles. The van der Waals surface area contributed by atoms with E-state index in [1.54, 1.807) is 0 Å². The number of hydrogen-bond acceptors (Lipinski definition) is 7. The van der Waals surface area contributed by atoms with Crippen molar-refractivity contribution >= 4 is 11.7 Å². The van der Waals surface area contributed by atoms with Crippen LogP contribution in [0.5, 0.6) is 17.4 Å². The summed E-state index contributed by atoms with van der Waals surface area (Å²) < 4.78 is 10.1. The maximum absolute atomic E-state index is 11.0. The third-order valence-electron chi connectivity index (χ3n) is 2.44. The van der Waals surface area contributed by atoms with Crippen LogP contribution in [0, 0.1) is 10.1 Å². The van der Waals surface area contributed by atoms with Gasteiger partial charge in [-0.1, -0.05) is 0 Å². The van der Waals surface area contributed by atoms with Crippen molar-refractivity contribution in [3.63, 3.8) is 0 Å². The molecule has 1 aromatic heterocycles. The Kier molecular flexibility index (Phi) is 3.93. The van der Waals surface area contributed by atoms with E-state index in [0.717, 1.165) is 0 Å². The molecule has 0 saturated carbocycles. The maximum Gasteiger partial charge on any atom is 0.356 e. The van der Waals surface area contributed by atoms with Crippen LogP contribution in [0.15, 0.2) is 30.3 Å². The average Bonchev–Trinajstić information content (AvgIpc) is 2.48. The van der Waals surface area contributed by atoms with Gasteiger partial charge in [0.25, 0.3) is 0 Å². The first-order valence-electron chi connectivity index (χ1n) is 5.58. The van der Waals surface area contributed by atoms with E-state index < -0.39 is 10.9 Å². The Morgan fingerprint density at radius 2 is 2.05 bits per heavy atom. The zero-order valence-electron chi connectivity index (χ0n) is 10.7. The van der Waals surface area contributed by atoms with Crippen molar-refractivity contribution in [1.82, 2.24) is 10.2 Å². The highest BCUT2D eigenvalue weighted by atomic mass is 16.6. The van der Waals surface area contributed by atoms with Gasteiger partial charge in [0, 0.05) is 6.07 Å². The molecule has 0 aliphatic rings. The van der Waals surface area contributed by atoms with Gasteiger partial charge in [0.2, 0.25) is 11.6 Å². The lowest BCUT2D eigenvalue weighted by atomic mass is 10.3. The fourth-order valence-electron chi connectivity index (χ4n) is 1.45. The van der Waals surface area contributed by atoms with Gasteiger partial charge >= 0.3 is 11.7 Å². The lowest BCUT2D eigenvalue weighted by Gasteiger charge is -2.06. The number of nitrogens with zero attached hydrogens (tertiary/aromatic N) is 3. The van der Waals surface area contributed by atoms with E-state index in [-0.39, 0.29) is 23.0 Å². The van der Waals surface area contributed by atoms with Gasteiger partial charge in [-0.2, -0.15) is 0 Å². The summed E-state index contributed by atoms with van der Waals surface area (Å²) >= 11 is 0. The first kappa shape index (κ1) is 14.2. The van der Waals surface area contributed by atoms with Crippen molar-refractivity contribution < 1.29 is 24.3 Å². The van der Waals surface area contributed by atoms with E-state index >= 15 is 0 Å². The molecule has 0 radical (unpaired) electrons. The van der Waals surface area contributed by atoms with Gasteiger partial charge in [0.15, 0.2) is 5.69 Å². The Bertz CT molecular complexity index is 686. The van der Waals surface area contributed by atoms with E-state index in [9.17, 15) is 14.9 Å². The smallest absolute Gasteiger partial charge is 0.356 e. The van der Waals surface area contributed by atoms with Crippen molar-refractivity contribution in [3.8, 4) is 17.4 Å². The van der Waals surface area contributed by atoms with Crippen LogP contribution in [0.1, 0.15) is 10.5 Å². The minimum Gasteiger partial charge on any atom is -0.496 e. The number of rotatable bonds is 5. The predicted octanol–water partition coefficient (Wildman–Crippen LogP) is 1.88. The number of nitro benzene ring substituents is 1. The molecule has 0 atom stereocenters. The highest BCUT2D eigenvalue weighted by Gasteiger charge is 2.18. The third kappa shape index (κ3) is 3.21. The van der Waals surface area contributed by atoms with Gasteiger partial charge in [-0.3, -0.25) is 10.1 Å². The van der Waals surface area contributed by atoms with Crippen LogP contribution in [0.3, 0.4) is 0 Å². The van der Waals surface area contributed by atoms with Crippen molar-refractivity contribution in [2.45, 2.75) is 0 Å². The van der Waals surface area contributed by atoms with Crippen LogP contribution in [-0.4, -0.2) is 33.3 Å². The monoisotopic (exact) mass is 291 g/mol. The van der Waals surface area contributed by atoms with Gasteiger partial charge in [-0.05, 0) is 18.2 Å². The summed E-state index contributed by atoms with van der Waals surface area (Å²) in [6, 6.07) is 6.48. The summed E-state index contributed by atoms with van der Waals surface area (Å²) in [5, 5.41) is 26.6. The summed E-state index contributed by atoms with van der Waals surface area (Å²) in [6.07, 6.45) is 0. The van der Waals surface area contributed by atoms with Crippen LogP contribution >= 0.6 is 0 Å². The van der Waals surface area contributed by atoms with Crippen molar-refractivity contribution in [1.29, 1.82) is 0 Å². The Balaban J connectivity index is 2.30. The molecule has 1 heterocycles. The van der Waals surface area contributed by atoms with Gasteiger partial charge in [-0.15, -0.1) is 10.2 Å². The summed E-state index contributed by atoms with van der Waals surface area (Å²) in [5.41, 5.74) is -0.565. The minimum atomic E-state index is -1.23. The molecule has 21 heavy (non-hydrogen) atoms. The Hall–Kier alpha value is -3.23. The van der Waals surface area contributed by atoms with Crippen molar-refractivity contribution in [2.75, 3.05) is 7.11 Å². The lowest BCUT2D eigenvalue weighted by Crippen LogP contribution is -2.02. The standard InChI is InChI=1S/C12H9N3O6/c1-20-7-2-4-10(9(6-7)15(18)19)21-11-5-3-8(12(16)17)13-14-11/h2-6H,1H3,(H,16,17). The topological polar surface area (TPSA) is 125 Å². The molecule has 0 bridgehead atoms. The second-order valence-electron chi connectivity index (χ2n) is 3.75. The highest BCUT2D eigenvalue weighted by Crippen LogP contribution is 2.33. The minimum absolute atomic E-state index is 0.0572. The van der Waals surface area contributed by atoms with Crippen LogP contribution in [-0.2, 0) is 0 Å². The molecular formula is C12H9N3O6. The van der Waals surface area contributed by atoms with Crippen molar-refractivity contribution in [2.24, 2.45) is 0 Å². The number of aromatic nitrogens is 2. The van der Waals surface area contributed by atoms with Crippen LogP contribution in [0.4, 0.5) is 5.69 Å². The van der Waals surface area contributed by atoms with Crippen LogP contribution < -0.4 is 9.47 Å². The fourth-order valence-corrected chi connectivity index (χ4v) is 1.45. The molecule has 2 rings (SSSR count). The Labute approximate surface area is 117 Å². The molecule has 1 N–H and O–H groups in total. The Morgan fingerprint density at radius 3 is 2.57 bits per heavy atom. The Morgan fingerprint density at radius 1 is 1.29 bits per heavy atom. The summed E-state index contributed by atoms with van der Waals surface area (Å²) in [5.74, 6) is -1.04. The number of carboxylic acid groups (broad SMARTS) is 1. The first-order chi connectivity index (χ1) is 10.0. The van der Waals surface area contributed by atoms with E-state index in [1.165, 1.54) is 37.4 Å². The molecule has 1 aromatic carbocycles. The first-order valence-corrected chi connectivity index (χ1v) is 5.58. The number of benzene rings is 1. The van der Waals surface area contributed by atoms with E-state index in [2.05, 4.69) is 10.2 Å². The maximum atomic E-state index is 11.0. The number of ether oxygens (including phenoxy) is 2. The quantitative estimate of drug-likeness (QED) is 0.653. The fraction of sp³-hybridized carbons (Fsp3) is 0.0833. The zero-order valence-corrected chi connectivity index (χ0v) is 10.7. The van der Waals surface area contributed by atoms with Crippen LogP contribution in [0.25, 0.3) is 0 Å². The second kappa shape index (κ2) is 5.82. The average molecular weight is 291 g/mol. The molecule has 0 fully saturated rings. The molecule has 0 aliphatic carbocycles. The summed E-state index contributed by atoms with van der Waals surface area (Å²) in [4.78, 5) is 21.0. The van der Waals surface area contributed by atoms with Gasteiger partial charge in [0.05, 0.1) is 18.1 Å². The largest absolute Gasteiger partial charge is 0.496 e. The number of nitro groups is 1. The summed E-state index contributed by atoms with van der Waals surface area (Å²) in [7, 11) is 1.38. The molecule has 0 saturated heterocycles. The number of methoxy groups -OCH3 is 1. The molecule has 108 valence electrons. The normalized spacial score (nSPS) is 9.95. The second-order valence-corrected chi connectivity index (χ2v) is 3.75. The molecule has 9 heteroatoms. The van der Waals surface area contributed by atoms with E-state index in [0.29, 0.717) is 5.75 Å². The van der Waals surface area contributed by atoms with Crippen LogP contribution in [0.2, 0.25) is 0 Å². The SMILES string of the molecule is COc1ccc(Oc2ccc(C(=O)O)nn2)c([N+](=O)[O-])c1. The highest BCUT2D eigenvalue weighted by molar-refractivity contribution is 5.84. The number of hydrogen-bond donors (Lipinski definition) is 1. The van der Waals surface area contributed by atoms with Crippen molar-refractivity contribution in [3.05, 3.63) is 46.1 Å². The molecule has 0 spiro atoms. The van der Waals surface area contributed by atoms with E-state index in [4.69, 9.17) is 14.6 Å². The third-order valence-corrected chi connectivity index (χ3v) is 2.44. The van der Waals surface area contributed by atoms with Gasteiger partial charge < -0.3 is 14.6 Å². The summed E-state index contributed by atoms with van der Waals surface area (Å²) in [6.45, 7) is 0.